The molecule has 0 saturated carbocycles. The highest BCUT2D eigenvalue weighted by Gasteiger charge is 2.34. The van der Waals surface area contributed by atoms with E-state index in [2.05, 4.69) is 29.9 Å². The zero-order chi connectivity index (χ0) is 17.8. The van der Waals surface area contributed by atoms with Gasteiger partial charge in [-0.2, -0.15) is 0 Å². The van der Waals surface area contributed by atoms with Crippen molar-refractivity contribution in [3.8, 4) is 0 Å². The third-order valence-corrected chi connectivity index (χ3v) is 5.73. The molecule has 1 aromatic rings. The maximum Gasteiger partial charge on any atom is 0.222 e. The highest BCUT2D eigenvalue weighted by Crippen LogP contribution is 2.36. The zero-order valence-electron chi connectivity index (χ0n) is 15.7. The topological polar surface area (TPSA) is 45.7 Å². The van der Waals surface area contributed by atoms with Crippen LogP contribution in [0.15, 0.2) is 24.5 Å². The average molecular weight is 345 g/mol. The van der Waals surface area contributed by atoms with E-state index in [4.69, 9.17) is 4.74 Å². The fourth-order valence-corrected chi connectivity index (χ4v) is 4.32. The minimum Gasteiger partial charge on any atom is -0.375 e. The predicted octanol–water partition coefficient (Wildman–Crippen LogP) is 2.88. The van der Waals surface area contributed by atoms with Crippen molar-refractivity contribution >= 4 is 5.91 Å². The number of carbonyl (C=O) groups is 1. The molecule has 2 aliphatic rings. The second kappa shape index (κ2) is 8.28. The third-order valence-electron chi connectivity index (χ3n) is 5.73. The summed E-state index contributed by atoms with van der Waals surface area (Å²) in [6.07, 6.45) is 9.18. The lowest BCUT2D eigenvalue weighted by atomic mass is 9.94. The fourth-order valence-electron chi connectivity index (χ4n) is 4.32. The Morgan fingerprint density at radius 3 is 2.92 bits per heavy atom. The molecule has 0 spiro atoms. The zero-order valence-corrected chi connectivity index (χ0v) is 15.7. The van der Waals surface area contributed by atoms with Crippen molar-refractivity contribution in [3.63, 3.8) is 0 Å². The molecule has 5 nitrogen and oxygen atoms in total. The second-order valence-corrected chi connectivity index (χ2v) is 7.72. The van der Waals surface area contributed by atoms with E-state index in [9.17, 15) is 4.79 Å². The summed E-state index contributed by atoms with van der Waals surface area (Å²) in [7, 11) is 4.11. The Kier molecular flexibility index (Phi) is 6.07. The van der Waals surface area contributed by atoms with Gasteiger partial charge in [-0.15, -0.1) is 0 Å². The lowest BCUT2D eigenvalue weighted by Gasteiger charge is -2.29. The Morgan fingerprint density at radius 2 is 2.24 bits per heavy atom. The molecule has 5 heteroatoms. The Balaban J connectivity index is 1.52. The molecule has 2 saturated heterocycles. The van der Waals surface area contributed by atoms with Gasteiger partial charge in [0.1, 0.15) is 0 Å². The molecule has 0 aliphatic carbocycles. The molecule has 1 amide bonds. The van der Waals surface area contributed by atoms with Gasteiger partial charge >= 0.3 is 0 Å². The van der Waals surface area contributed by atoms with Gasteiger partial charge in [0.15, 0.2) is 0 Å². The van der Waals surface area contributed by atoms with E-state index in [1.807, 2.05) is 30.4 Å². The van der Waals surface area contributed by atoms with Gasteiger partial charge in [0, 0.05) is 38.4 Å². The van der Waals surface area contributed by atoms with E-state index in [0.717, 1.165) is 38.8 Å². The van der Waals surface area contributed by atoms with Crippen molar-refractivity contribution in [2.24, 2.45) is 5.92 Å². The molecule has 3 heterocycles. The van der Waals surface area contributed by atoms with Crippen LogP contribution >= 0.6 is 0 Å². The highest BCUT2D eigenvalue weighted by molar-refractivity contribution is 5.75. The van der Waals surface area contributed by atoms with Crippen molar-refractivity contribution in [1.82, 2.24) is 14.8 Å². The van der Waals surface area contributed by atoms with E-state index in [-0.39, 0.29) is 12.0 Å². The van der Waals surface area contributed by atoms with Gasteiger partial charge in [0.05, 0.1) is 12.2 Å². The van der Waals surface area contributed by atoms with Crippen LogP contribution in [0.5, 0.6) is 0 Å². The maximum absolute atomic E-state index is 12.5. The Morgan fingerprint density at radius 1 is 1.40 bits per heavy atom. The second-order valence-electron chi connectivity index (χ2n) is 7.72. The minimum atomic E-state index is 0.239. The summed E-state index contributed by atoms with van der Waals surface area (Å²) in [5.74, 6) is 0.702. The molecule has 138 valence electrons. The largest absolute Gasteiger partial charge is 0.375 e. The Hall–Kier alpha value is -1.46. The lowest BCUT2D eigenvalue weighted by Crippen LogP contribution is -2.34. The number of rotatable bonds is 6. The van der Waals surface area contributed by atoms with Crippen LogP contribution in [0.4, 0.5) is 0 Å². The van der Waals surface area contributed by atoms with Crippen LogP contribution in [0, 0.1) is 5.92 Å². The predicted molar refractivity (Wildman–Crippen MR) is 98.2 cm³/mol. The molecule has 0 unspecified atom stereocenters. The van der Waals surface area contributed by atoms with Crippen LogP contribution in [0.2, 0.25) is 0 Å². The summed E-state index contributed by atoms with van der Waals surface area (Å²) in [4.78, 5) is 21.1. The molecular formula is C20H31N3O2. The van der Waals surface area contributed by atoms with E-state index >= 15 is 0 Å². The van der Waals surface area contributed by atoms with Crippen molar-refractivity contribution in [2.75, 3.05) is 27.2 Å². The molecule has 0 bridgehead atoms. The Bertz CT molecular complexity index is 565. The van der Waals surface area contributed by atoms with Crippen LogP contribution in [-0.2, 0) is 9.53 Å². The van der Waals surface area contributed by atoms with E-state index in [1.54, 1.807) is 0 Å². The molecule has 2 aliphatic heterocycles. The smallest absolute Gasteiger partial charge is 0.222 e. The summed E-state index contributed by atoms with van der Waals surface area (Å²) in [5, 5.41) is 0. The maximum atomic E-state index is 12.5. The summed E-state index contributed by atoms with van der Waals surface area (Å²) < 4.78 is 5.83. The SMILES string of the molecule is C[C@@H]1CC[C@H](CCC(=O)N(C)C[C@@H]2CCN(C)[C@H]2c2cccnc2)O1. The first-order valence-corrected chi connectivity index (χ1v) is 9.54. The van der Waals surface area contributed by atoms with Crippen LogP contribution in [0.3, 0.4) is 0 Å². The molecule has 1 aromatic heterocycles. The molecule has 0 radical (unpaired) electrons. The molecule has 3 rings (SSSR count). The number of pyridine rings is 1. The first kappa shape index (κ1) is 18.3. The third kappa shape index (κ3) is 4.59. The van der Waals surface area contributed by atoms with Crippen molar-refractivity contribution in [1.29, 1.82) is 0 Å². The normalized spacial score (nSPS) is 29.9. The monoisotopic (exact) mass is 345 g/mol. The van der Waals surface area contributed by atoms with Crippen LogP contribution in [0.1, 0.15) is 50.6 Å². The van der Waals surface area contributed by atoms with Gasteiger partial charge in [-0.3, -0.25) is 14.7 Å². The minimum absolute atomic E-state index is 0.239. The number of ether oxygens (including phenoxy) is 1. The summed E-state index contributed by atoms with van der Waals surface area (Å²) in [6.45, 7) is 3.99. The first-order chi connectivity index (χ1) is 12.0. The molecule has 0 aromatic carbocycles. The van der Waals surface area contributed by atoms with Gasteiger partial charge in [-0.05, 0) is 63.7 Å². The highest BCUT2D eigenvalue weighted by atomic mass is 16.5. The fraction of sp³-hybridized carbons (Fsp3) is 0.700. The standard InChI is InChI=1S/C20H31N3O2/c1-15-6-7-18(25-15)8-9-19(24)23(3)14-17-10-12-22(2)20(17)16-5-4-11-21-13-16/h4-5,11,13,15,17-18,20H,6-10,12,14H2,1-3H3/t15-,17+,18-,20+/m1/s1. The van der Waals surface area contributed by atoms with E-state index < -0.39 is 0 Å². The van der Waals surface area contributed by atoms with E-state index in [0.29, 0.717) is 24.5 Å². The number of aromatic nitrogens is 1. The molecule has 25 heavy (non-hydrogen) atoms. The number of hydrogen-bond donors (Lipinski definition) is 0. The first-order valence-electron chi connectivity index (χ1n) is 9.54. The molecular weight excluding hydrogens is 314 g/mol. The van der Waals surface area contributed by atoms with Crippen LogP contribution in [0.25, 0.3) is 0 Å². The van der Waals surface area contributed by atoms with Crippen LogP contribution < -0.4 is 0 Å². The number of hydrogen-bond acceptors (Lipinski definition) is 4. The average Bonchev–Trinajstić information content (AvgIpc) is 3.19. The van der Waals surface area contributed by atoms with Gasteiger partial charge in [0.25, 0.3) is 0 Å². The van der Waals surface area contributed by atoms with E-state index in [1.165, 1.54) is 5.56 Å². The number of nitrogens with zero attached hydrogens (tertiary/aromatic N) is 3. The number of amides is 1. The van der Waals surface area contributed by atoms with Gasteiger partial charge in [-0.25, -0.2) is 0 Å². The lowest BCUT2D eigenvalue weighted by molar-refractivity contribution is -0.131. The molecule has 4 atom stereocenters. The summed E-state index contributed by atoms with van der Waals surface area (Å²) >= 11 is 0. The van der Waals surface area contributed by atoms with Crippen molar-refractivity contribution in [3.05, 3.63) is 30.1 Å². The van der Waals surface area contributed by atoms with Crippen molar-refractivity contribution in [2.45, 2.75) is 57.3 Å². The summed E-state index contributed by atoms with van der Waals surface area (Å²) in [5.41, 5.74) is 1.25. The van der Waals surface area contributed by atoms with Gasteiger partial charge in [0.2, 0.25) is 5.91 Å². The number of likely N-dealkylation sites (tertiary alicyclic amines) is 1. The van der Waals surface area contributed by atoms with Crippen LogP contribution in [-0.4, -0.2) is 60.1 Å². The van der Waals surface area contributed by atoms with Crippen molar-refractivity contribution < 1.29 is 9.53 Å². The van der Waals surface area contributed by atoms with Gasteiger partial charge in [-0.1, -0.05) is 6.07 Å². The molecule has 2 fully saturated rings. The summed E-state index contributed by atoms with van der Waals surface area (Å²) in [6, 6.07) is 4.49. The number of carbonyl (C=O) groups excluding carboxylic acids is 1. The molecule has 0 N–H and O–H groups in total. The Labute approximate surface area is 151 Å². The quantitative estimate of drug-likeness (QED) is 0.795. The van der Waals surface area contributed by atoms with Gasteiger partial charge < -0.3 is 9.64 Å².